The highest BCUT2D eigenvalue weighted by molar-refractivity contribution is 8.76. The van der Waals surface area contributed by atoms with Crippen molar-refractivity contribution in [3.63, 3.8) is 0 Å². The highest BCUT2D eigenvalue weighted by Gasteiger charge is 2.26. The van der Waals surface area contributed by atoms with Crippen molar-refractivity contribution >= 4 is 41.0 Å². The van der Waals surface area contributed by atoms with E-state index in [0.717, 1.165) is 0 Å². The Labute approximate surface area is 144 Å². The molecule has 0 aromatic heterocycles. The molecule has 0 fully saturated rings. The monoisotopic (exact) mass is 388 g/mol. The van der Waals surface area contributed by atoms with E-state index >= 15 is 0 Å². The van der Waals surface area contributed by atoms with Gasteiger partial charge in [0.05, 0.1) is 31.6 Å². The highest BCUT2D eigenvalue weighted by atomic mass is 33.1. The van der Waals surface area contributed by atoms with Crippen LogP contribution in [0.15, 0.2) is 0 Å². The molecule has 0 aliphatic heterocycles. The van der Waals surface area contributed by atoms with Crippen molar-refractivity contribution in [3.8, 4) is 0 Å². The van der Waals surface area contributed by atoms with E-state index in [1.165, 1.54) is 21.6 Å². The standard InChI is InChI=1S/C11H25N4O5PS2/c1-3-19-21(18,20-4-2)7-15-9(11(14)17)6-23-22-5-8(12)10(13)16/h8-9,15H,3-7,12H2,1-2H3,(H2,13,16)(H2,14,17)/t8?,9-/m0/s1. The molecule has 23 heavy (non-hydrogen) atoms. The molecule has 2 atom stereocenters. The fourth-order valence-corrected chi connectivity index (χ4v) is 5.14. The van der Waals surface area contributed by atoms with Crippen molar-refractivity contribution in [2.75, 3.05) is 31.0 Å². The van der Waals surface area contributed by atoms with E-state index in [4.69, 9.17) is 26.2 Å². The van der Waals surface area contributed by atoms with Crippen LogP contribution in [0.25, 0.3) is 0 Å². The van der Waals surface area contributed by atoms with E-state index in [-0.39, 0.29) is 19.5 Å². The van der Waals surface area contributed by atoms with E-state index in [0.29, 0.717) is 11.5 Å². The van der Waals surface area contributed by atoms with Crippen molar-refractivity contribution in [3.05, 3.63) is 0 Å². The third-order valence-corrected chi connectivity index (χ3v) is 6.78. The van der Waals surface area contributed by atoms with Crippen LogP contribution in [0.3, 0.4) is 0 Å². The Morgan fingerprint density at radius 3 is 2.04 bits per heavy atom. The average Bonchev–Trinajstić information content (AvgIpc) is 2.46. The predicted octanol–water partition coefficient (Wildman–Crippen LogP) is -0.152. The van der Waals surface area contributed by atoms with Gasteiger partial charge in [0.15, 0.2) is 0 Å². The Kier molecular flexibility index (Phi) is 12.0. The SMILES string of the molecule is CCOP(=O)(CN[C@@H](CSSCC(N)C(N)=O)C(N)=O)OCC. The molecule has 0 saturated heterocycles. The zero-order valence-electron chi connectivity index (χ0n) is 13.2. The highest BCUT2D eigenvalue weighted by Crippen LogP contribution is 2.46. The van der Waals surface area contributed by atoms with E-state index in [1.54, 1.807) is 13.8 Å². The molecule has 0 spiro atoms. The maximum Gasteiger partial charge on any atom is 0.344 e. The van der Waals surface area contributed by atoms with Gasteiger partial charge in [-0.1, -0.05) is 21.6 Å². The third-order valence-electron chi connectivity index (χ3n) is 2.46. The fraction of sp³-hybridized carbons (Fsp3) is 0.818. The Balaban J connectivity index is 4.33. The second-order valence-electron chi connectivity index (χ2n) is 4.34. The van der Waals surface area contributed by atoms with Gasteiger partial charge in [-0.2, -0.15) is 0 Å². The molecular weight excluding hydrogens is 363 g/mol. The zero-order valence-corrected chi connectivity index (χ0v) is 15.8. The lowest BCUT2D eigenvalue weighted by molar-refractivity contribution is -0.119. The van der Waals surface area contributed by atoms with Crippen LogP contribution in [0.4, 0.5) is 0 Å². The first-order valence-electron chi connectivity index (χ1n) is 6.95. The third kappa shape index (κ3) is 10.2. The summed E-state index contributed by atoms with van der Waals surface area (Å²) < 4.78 is 22.5. The summed E-state index contributed by atoms with van der Waals surface area (Å²) in [5.41, 5.74) is 15.8. The molecule has 1 unspecified atom stereocenters. The number of hydrogen-bond acceptors (Lipinski definition) is 9. The number of amides is 2. The summed E-state index contributed by atoms with van der Waals surface area (Å²) in [7, 11) is -0.689. The minimum Gasteiger partial charge on any atom is -0.368 e. The van der Waals surface area contributed by atoms with Gasteiger partial charge in [-0.25, -0.2) is 0 Å². The lowest BCUT2D eigenvalue weighted by Gasteiger charge is -2.20. The summed E-state index contributed by atoms with van der Waals surface area (Å²) in [6, 6.07) is -1.46. The predicted molar refractivity (Wildman–Crippen MR) is 93.9 cm³/mol. The molecule has 0 aromatic rings. The Hall–Kier alpha value is -0.290. The average molecular weight is 388 g/mol. The molecule has 136 valence electrons. The maximum absolute atomic E-state index is 12.3. The largest absolute Gasteiger partial charge is 0.368 e. The molecule has 2 amide bonds. The molecule has 7 N–H and O–H groups in total. The van der Waals surface area contributed by atoms with Gasteiger partial charge >= 0.3 is 7.60 Å². The first kappa shape index (κ1) is 22.7. The quantitative estimate of drug-likeness (QED) is 0.180. The van der Waals surface area contributed by atoms with Gasteiger partial charge < -0.3 is 26.2 Å². The van der Waals surface area contributed by atoms with Gasteiger partial charge in [-0.05, 0) is 13.8 Å². The van der Waals surface area contributed by atoms with Gasteiger partial charge in [0.25, 0.3) is 0 Å². The van der Waals surface area contributed by atoms with Crippen LogP contribution < -0.4 is 22.5 Å². The molecule has 0 aliphatic rings. The zero-order chi connectivity index (χ0) is 17.9. The smallest absolute Gasteiger partial charge is 0.344 e. The summed E-state index contributed by atoms with van der Waals surface area (Å²) in [5.74, 6) is -0.542. The summed E-state index contributed by atoms with van der Waals surface area (Å²) in [5, 5.41) is 2.80. The maximum atomic E-state index is 12.3. The molecule has 0 saturated carbocycles. The number of rotatable bonds is 14. The molecule has 0 aliphatic carbocycles. The molecule has 0 rings (SSSR count). The van der Waals surface area contributed by atoms with Crippen LogP contribution in [-0.4, -0.2) is 54.9 Å². The van der Waals surface area contributed by atoms with Crippen LogP contribution in [0.1, 0.15) is 13.8 Å². The minimum absolute atomic E-state index is 0.117. The summed E-state index contributed by atoms with van der Waals surface area (Å²) >= 11 is 0. The molecule has 0 radical (unpaired) electrons. The Bertz CT molecular complexity index is 419. The molecule has 0 aromatic carbocycles. The minimum atomic E-state index is -3.30. The molecule has 0 heterocycles. The van der Waals surface area contributed by atoms with E-state index in [1.807, 2.05) is 0 Å². The van der Waals surface area contributed by atoms with Gasteiger partial charge in [0, 0.05) is 11.5 Å². The first-order chi connectivity index (χ1) is 10.8. The Morgan fingerprint density at radius 1 is 1.09 bits per heavy atom. The van der Waals surface area contributed by atoms with Crippen molar-refractivity contribution < 1.29 is 23.2 Å². The van der Waals surface area contributed by atoms with Crippen LogP contribution in [0, 0.1) is 0 Å². The summed E-state index contributed by atoms with van der Waals surface area (Å²) in [6.45, 7) is 3.86. The number of carbonyl (C=O) groups is 2. The van der Waals surface area contributed by atoms with Crippen molar-refractivity contribution in [1.29, 1.82) is 0 Å². The normalized spacial score (nSPS) is 14.4. The van der Waals surface area contributed by atoms with Gasteiger partial charge in [0.1, 0.15) is 0 Å². The number of nitrogens with two attached hydrogens (primary N) is 3. The topological polar surface area (TPSA) is 160 Å². The second-order valence-corrected chi connectivity index (χ2v) is 8.95. The number of primary amides is 2. The number of hydrogen-bond donors (Lipinski definition) is 4. The lowest BCUT2D eigenvalue weighted by Crippen LogP contribution is -2.43. The molecule has 12 heteroatoms. The van der Waals surface area contributed by atoms with Gasteiger partial charge in [0.2, 0.25) is 11.8 Å². The molecule has 9 nitrogen and oxygen atoms in total. The van der Waals surface area contributed by atoms with E-state index < -0.39 is 31.5 Å². The van der Waals surface area contributed by atoms with Crippen molar-refractivity contribution in [2.24, 2.45) is 17.2 Å². The lowest BCUT2D eigenvalue weighted by atomic mass is 10.3. The van der Waals surface area contributed by atoms with Crippen LogP contribution in [0.5, 0.6) is 0 Å². The van der Waals surface area contributed by atoms with Crippen LogP contribution in [0.2, 0.25) is 0 Å². The van der Waals surface area contributed by atoms with Gasteiger partial charge in [-0.3, -0.25) is 19.5 Å². The van der Waals surface area contributed by atoms with Crippen molar-refractivity contribution in [1.82, 2.24) is 5.32 Å². The first-order valence-corrected chi connectivity index (χ1v) is 11.2. The number of nitrogens with one attached hydrogen (secondary N) is 1. The van der Waals surface area contributed by atoms with Crippen molar-refractivity contribution in [2.45, 2.75) is 25.9 Å². The van der Waals surface area contributed by atoms with E-state index in [2.05, 4.69) is 5.32 Å². The fourth-order valence-electron chi connectivity index (χ4n) is 1.31. The molecular formula is C11H25N4O5PS2. The van der Waals surface area contributed by atoms with Crippen LogP contribution >= 0.6 is 29.2 Å². The summed E-state index contributed by atoms with van der Waals surface area (Å²) in [4.78, 5) is 22.2. The van der Waals surface area contributed by atoms with Crippen LogP contribution in [-0.2, 0) is 23.2 Å². The molecule has 0 bridgehead atoms. The second kappa shape index (κ2) is 12.1. The number of carbonyl (C=O) groups excluding carboxylic acids is 2. The summed E-state index contributed by atoms with van der Waals surface area (Å²) in [6.07, 6.45) is -0.117. The van der Waals surface area contributed by atoms with E-state index in [9.17, 15) is 14.2 Å². The van der Waals surface area contributed by atoms with Gasteiger partial charge in [-0.15, -0.1) is 0 Å². The Morgan fingerprint density at radius 2 is 1.61 bits per heavy atom.